The van der Waals surface area contributed by atoms with Crippen LogP contribution in [0.15, 0.2) is 34.1 Å². The smallest absolute Gasteiger partial charge is 0.267 e. The summed E-state index contributed by atoms with van der Waals surface area (Å²) in [5.41, 5.74) is 0.944. The van der Waals surface area contributed by atoms with Gasteiger partial charge in [0.2, 0.25) is 11.8 Å². The van der Waals surface area contributed by atoms with Crippen LogP contribution in [0.3, 0.4) is 0 Å². The fourth-order valence-electron chi connectivity index (χ4n) is 2.36. The molecule has 1 amide bonds. The van der Waals surface area contributed by atoms with Gasteiger partial charge in [0.25, 0.3) is 5.56 Å². The second-order valence-corrected chi connectivity index (χ2v) is 5.66. The minimum absolute atomic E-state index is 0.0863. The molecule has 0 fully saturated rings. The first-order valence-electron chi connectivity index (χ1n) is 7.87. The molecule has 0 saturated carbocycles. The number of carbonyl (C=O) groups excluding carboxylic acids is 1. The molecule has 7 nitrogen and oxygen atoms in total. The van der Waals surface area contributed by atoms with Gasteiger partial charge in [0.15, 0.2) is 4.77 Å². The van der Waals surface area contributed by atoms with E-state index in [2.05, 4.69) is 10.3 Å². The van der Waals surface area contributed by atoms with Gasteiger partial charge in [-0.15, -0.1) is 0 Å². The van der Waals surface area contributed by atoms with Gasteiger partial charge >= 0.3 is 0 Å². The number of benzene rings is 1. The number of hydrogen-bond donors (Lipinski definition) is 2. The lowest BCUT2D eigenvalue weighted by Crippen LogP contribution is -2.27. The van der Waals surface area contributed by atoms with Crippen LogP contribution in [-0.4, -0.2) is 26.4 Å². The Morgan fingerprint density at radius 3 is 2.36 bits per heavy atom. The van der Waals surface area contributed by atoms with Crippen LogP contribution in [0.2, 0.25) is 0 Å². The first-order valence-corrected chi connectivity index (χ1v) is 8.28. The van der Waals surface area contributed by atoms with E-state index in [0.717, 1.165) is 0 Å². The number of nitrogens with one attached hydrogen (secondary N) is 1. The Balaban J connectivity index is 2.43. The molecule has 132 valence electrons. The summed E-state index contributed by atoms with van der Waals surface area (Å²) in [4.78, 5) is 27.7. The van der Waals surface area contributed by atoms with Crippen molar-refractivity contribution >= 4 is 35.7 Å². The van der Waals surface area contributed by atoms with E-state index in [1.165, 1.54) is 22.3 Å². The number of aliphatic imine (C=N–C) groups is 1. The number of amides is 1. The van der Waals surface area contributed by atoms with Crippen LogP contribution < -0.4 is 10.9 Å². The van der Waals surface area contributed by atoms with E-state index in [1.807, 2.05) is 13.8 Å². The molecular formula is C17H20N4O3S. The van der Waals surface area contributed by atoms with E-state index >= 15 is 0 Å². The lowest BCUT2D eigenvalue weighted by Gasteiger charge is -2.13. The van der Waals surface area contributed by atoms with Crippen LogP contribution >= 0.6 is 12.2 Å². The Labute approximate surface area is 150 Å². The van der Waals surface area contributed by atoms with Crippen LogP contribution in [0.25, 0.3) is 0 Å². The summed E-state index contributed by atoms with van der Waals surface area (Å²) >= 11 is 5.24. The lowest BCUT2D eigenvalue weighted by molar-refractivity contribution is -0.114. The molecule has 2 aromatic rings. The molecule has 0 radical (unpaired) electrons. The van der Waals surface area contributed by atoms with Crippen LogP contribution in [0.4, 0.5) is 11.4 Å². The van der Waals surface area contributed by atoms with E-state index in [4.69, 9.17) is 12.2 Å². The van der Waals surface area contributed by atoms with Crippen LogP contribution in [0.5, 0.6) is 5.88 Å². The molecule has 8 heteroatoms. The highest BCUT2D eigenvalue weighted by Gasteiger charge is 2.13. The summed E-state index contributed by atoms with van der Waals surface area (Å²) in [6, 6.07) is 6.81. The zero-order valence-electron chi connectivity index (χ0n) is 14.3. The molecule has 0 aliphatic carbocycles. The third kappa shape index (κ3) is 4.03. The quantitative estimate of drug-likeness (QED) is 0.634. The number of anilines is 1. The van der Waals surface area contributed by atoms with Gasteiger partial charge in [0.05, 0.1) is 5.69 Å². The van der Waals surface area contributed by atoms with Crippen molar-refractivity contribution in [3.63, 3.8) is 0 Å². The Morgan fingerprint density at radius 1 is 1.24 bits per heavy atom. The monoisotopic (exact) mass is 360 g/mol. The van der Waals surface area contributed by atoms with Crippen molar-refractivity contribution in [3.05, 3.63) is 45.0 Å². The van der Waals surface area contributed by atoms with E-state index < -0.39 is 0 Å². The molecule has 0 spiro atoms. The van der Waals surface area contributed by atoms with E-state index in [-0.39, 0.29) is 27.7 Å². The molecule has 2 rings (SSSR count). The van der Waals surface area contributed by atoms with Crippen molar-refractivity contribution in [2.75, 3.05) is 5.32 Å². The molecule has 0 saturated heterocycles. The zero-order valence-corrected chi connectivity index (χ0v) is 15.1. The van der Waals surface area contributed by atoms with Gasteiger partial charge in [-0.25, -0.2) is 0 Å². The first kappa shape index (κ1) is 18.6. The van der Waals surface area contributed by atoms with Gasteiger partial charge < -0.3 is 10.4 Å². The summed E-state index contributed by atoms with van der Waals surface area (Å²) in [5.74, 6) is -0.352. The SMILES string of the molecule is CCn1c(O)c(C=Nc2ccc(NC(C)=O)cc2)c(=O)n(CC)c1=S. The molecule has 25 heavy (non-hydrogen) atoms. The fraction of sp³-hybridized carbons (Fsp3) is 0.294. The largest absolute Gasteiger partial charge is 0.494 e. The number of nitrogens with zero attached hydrogens (tertiary/aromatic N) is 3. The highest BCUT2D eigenvalue weighted by Crippen LogP contribution is 2.18. The van der Waals surface area contributed by atoms with Gasteiger partial charge in [-0.3, -0.25) is 23.7 Å². The molecule has 0 atom stereocenters. The standard InChI is InChI=1S/C17H20N4O3S/c1-4-20-15(23)14(16(24)21(5-2)17(20)25)10-18-12-6-8-13(9-7-12)19-11(3)22/h6-10,23H,4-5H2,1-3H3,(H,19,22). The zero-order chi connectivity index (χ0) is 18.6. The van der Waals surface area contributed by atoms with Gasteiger partial charge in [0, 0.05) is 31.9 Å². The number of hydrogen-bond acceptors (Lipinski definition) is 5. The maximum Gasteiger partial charge on any atom is 0.267 e. The minimum Gasteiger partial charge on any atom is -0.494 e. The maximum atomic E-state index is 12.5. The van der Waals surface area contributed by atoms with E-state index in [1.54, 1.807) is 24.3 Å². The normalized spacial score (nSPS) is 11.0. The summed E-state index contributed by atoms with van der Waals surface area (Å²) in [5, 5.41) is 13.0. The number of carbonyl (C=O) groups is 1. The molecule has 0 bridgehead atoms. The molecule has 1 aromatic carbocycles. The Hall–Kier alpha value is -2.74. The van der Waals surface area contributed by atoms with E-state index in [9.17, 15) is 14.7 Å². The molecule has 1 heterocycles. The van der Waals surface area contributed by atoms with Crippen molar-refractivity contribution in [1.82, 2.24) is 9.13 Å². The van der Waals surface area contributed by atoms with Crippen molar-refractivity contribution in [3.8, 4) is 5.88 Å². The topological polar surface area (TPSA) is 88.6 Å². The lowest BCUT2D eigenvalue weighted by atomic mass is 10.2. The average molecular weight is 360 g/mol. The fourth-order valence-corrected chi connectivity index (χ4v) is 2.79. The molecule has 0 aliphatic rings. The van der Waals surface area contributed by atoms with Crippen LogP contribution in [0, 0.1) is 4.77 Å². The Morgan fingerprint density at radius 2 is 1.84 bits per heavy atom. The van der Waals surface area contributed by atoms with Gasteiger partial charge in [-0.2, -0.15) is 0 Å². The summed E-state index contributed by atoms with van der Waals surface area (Å²) < 4.78 is 3.19. The molecular weight excluding hydrogens is 340 g/mol. The van der Waals surface area contributed by atoms with Crippen molar-refractivity contribution < 1.29 is 9.90 Å². The van der Waals surface area contributed by atoms with Gasteiger partial charge in [-0.05, 0) is 50.3 Å². The third-order valence-electron chi connectivity index (χ3n) is 3.60. The van der Waals surface area contributed by atoms with Gasteiger partial charge in [-0.1, -0.05) is 0 Å². The highest BCUT2D eigenvalue weighted by molar-refractivity contribution is 7.71. The third-order valence-corrected chi connectivity index (χ3v) is 4.04. The summed E-state index contributed by atoms with van der Waals surface area (Å²) in [6.07, 6.45) is 1.33. The van der Waals surface area contributed by atoms with Crippen LogP contribution in [-0.2, 0) is 17.9 Å². The van der Waals surface area contributed by atoms with Gasteiger partial charge in [0.1, 0.15) is 5.56 Å². The molecule has 0 unspecified atom stereocenters. The van der Waals surface area contributed by atoms with Crippen molar-refractivity contribution in [1.29, 1.82) is 0 Å². The number of aromatic hydroxyl groups is 1. The Bertz CT molecular complexity index is 927. The number of rotatable bonds is 5. The second kappa shape index (κ2) is 7.89. The molecule has 2 N–H and O–H groups in total. The van der Waals surface area contributed by atoms with Crippen molar-refractivity contribution in [2.24, 2.45) is 4.99 Å². The number of aromatic nitrogens is 2. The highest BCUT2D eigenvalue weighted by atomic mass is 32.1. The summed E-state index contributed by atoms with van der Waals surface area (Å²) in [6.45, 7) is 5.93. The predicted octanol–water partition coefficient (Wildman–Crippen LogP) is 2.83. The average Bonchev–Trinajstić information content (AvgIpc) is 2.56. The minimum atomic E-state index is -0.381. The first-order chi connectivity index (χ1) is 11.9. The van der Waals surface area contributed by atoms with Crippen molar-refractivity contribution in [2.45, 2.75) is 33.9 Å². The predicted molar refractivity (Wildman–Crippen MR) is 101 cm³/mol. The maximum absolute atomic E-state index is 12.5. The summed E-state index contributed by atoms with van der Waals surface area (Å²) in [7, 11) is 0. The molecule has 0 aliphatic heterocycles. The Kier molecular flexibility index (Phi) is 5.87. The molecule has 1 aromatic heterocycles. The van der Waals surface area contributed by atoms with E-state index in [0.29, 0.717) is 24.5 Å². The van der Waals surface area contributed by atoms with Crippen LogP contribution in [0.1, 0.15) is 26.3 Å². The second-order valence-electron chi connectivity index (χ2n) is 5.30.